The number of nitrogens with zero attached hydrogens (tertiary/aromatic N) is 1. The maximum Gasteiger partial charge on any atom is 0.318 e. The average Bonchev–Trinajstić information content (AvgIpc) is 3.28. The molecule has 1 aromatic carbocycles. The highest BCUT2D eigenvalue weighted by molar-refractivity contribution is 5.75. The number of hydrogen-bond acceptors (Lipinski definition) is 3. The van der Waals surface area contributed by atoms with Crippen LogP contribution in [0.25, 0.3) is 0 Å². The standard InChI is InChI=1S/C20H22N2O3/c1-2-13-22(15-17-10-7-14-24-17)20(23)21-18-11-6-12-19(18)25-16-8-4-3-5-9-16/h1,3-5,7-10,14,18-19H,6,11-13,15H2,(H,21,23)/t18-,19-/m0/s1. The first-order chi connectivity index (χ1) is 12.3. The fraction of sp³-hybridized carbons (Fsp3) is 0.350. The minimum absolute atomic E-state index is 0.0235. The van der Waals surface area contributed by atoms with Crippen LogP contribution in [0.15, 0.2) is 53.1 Å². The minimum Gasteiger partial charge on any atom is -0.488 e. The van der Waals surface area contributed by atoms with E-state index in [0.29, 0.717) is 12.3 Å². The molecule has 1 aliphatic carbocycles. The van der Waals surface area contributed by atoms with E-state index < -0.39 is 0 Å². The van der Waals surface area contributed by atoms with Gasteiger partial charge in [0, 0.05) is 0 Å². The van der Waals surface area contributed by atoms with E-state index in [4.69, 9.17) is 15.6 Å². The molecule has 25 heavy (non-hydrogen) atoms. The Labute approximate surface area is 148 Å². The summed E-state index contributed by atoms with van der Waals surface area (Å²) in [7, 11) is 0. The van der Waals surface area contributed by atoms with Crippen molar-refractivity contribution in [3.63, 3.8) is 0 Å². The SMILES string of the molecule is C#CCN(Cc1ccco1)C(=O)N[C@H]1CCC[C@@H]1Oc1ccccc1. The van der Waals surface area contributed by atoms with Crippen molar-refractivity contribution in [2.75, 3.05) is 6.54 Å². The quantitative estimate of drug-likeness (QED) is 0.821. The first kappa shape index (κ1) is 17.0. The molecule has 1 aliphatic rings. The summed E-state index contributed by atoms with van der Waals surface area (Å²) in [6.45, 7) is 0.573. The molecule has 2 amide bonds. The summed E-state index contributed by atoms with van der Waals surface area (Å²) in [4.78, 5) is 14.2. The predicted octanol–water partition coefficient (Wildman–Crippen LogP) is 3.42. The molecule has 5 nitrogen and oxygen atoms in total. The van der Waals surface area contributed by atoms with Gasteiger partial charge >= 0.3 is 6.03 Å². The summed E-state index contributed by atoms with van der Waals surface area (Å²) in [5.41, 5.74) is 0. The maximum atomic E-state index is 12.6. The molecule has 0 saturated heterocycles. The number of amides is 2. The lowest BCUT2D eigenvalue weighted by Crippen LogP contribution is -2.48. The van der Waals surface area contributed by atoms with Gasteiger partial charge in [-0.15, -0.1) is 6.42 Å². The van der Waals surface area contributed by atoms with E-state index in [2.05, 4.69) is 11.2 Å². The highest BCUT2D eigenvalue weighted by Crippen LogP contribution is 2.25. The second-order valence-electron chi connectivity index (χ2n) is 6.10. The normalized spacial score (nSPS) is 19.2. The van der Waals surface area contributed by atoms with Crippen molar-refractivity contribution in [2.45, 2.75) is 38.0 Å². The van der Waals surface area contributed by atoms with E-state index in [1.165, 1.54) is 0 Å². The summed E-state index contributed by atoms with van der Waals surface area (Å²) in [6, 6.07) is 13.1. The van der Waals surface area contributed by atoms with Gasteiger partial charge in [0.25, 0.3) is 0 Å². The topological polar surface area (TPSA) is 54.7 Å². The Morgan fingerprint density at radius 1 is 1.28 bits per heavy atom. The van der Waals surface area contributed by atoms with Crippen molar-refractivity contribution in [1.82, 2.24) is 10.2 Å². The van der Waals surface area contributed by atoms with Gasteiger partial charge in [-0.1, -0.05) is 24.1 Å². The van der Waals surface area contributed by atoms with Crippen molar-refractivity contribution in [3.05, 3.63) is 54.5 Å². The van der Waals surface area contributed by atoms with E-state index in [-0.39, 0.29) is 24.7 Å². The smallest absolute Gasteiger partial charge is 0.318 e. The lowest BCUT2D eigenvalue weighted by molar-refractivity contribution is 0.158. The Hall–Kier alpha value is -2.87. The van der Waals surface area contributed by atoms with Crippen LogP contribution < -0.4 is 10.1 Å². The third-order valence-corrected chi connectivity index (χ3v) is 4.29. The van der Waals surface area contributed by atoms with E-state index in [1.807, 2.05) is 36.4 Å². The van der Waals surface area contributed by atoms with Crippen LogP contribution in [-0.4, -0.2) is 29.6 Å². The third kappa shape index (κ3) is 4.57. The Balaban J connectivity index is 1.60. The molecule has 1 heterocycles. The van der Waals surface area contributed by atoms with E-state index in [0.717, 1.165) is 25.0 Å². The molecule has 1 N–H and O–H groups in total. The van der Waals surface area contributed by atoms with Gasteiger partial charge in [-0.3, -0.25) is 0 Å². The van der Waals surface area contributed by atoms with Gasteiger partial charge in [-0.05, 0) is 43.5 Å². The van der Waals surface area contributed by atoms with Crippen LogP contribution in [0.3, 0.4) is 0 Å². The number of hydrogen-bond donors (Lipinski definition) is 1. The van der Waals surface area contributed by atoms with E-state index >= 15 is 0 Å². The van der Waals surface area contributed by atoms with Crippen LogP contribution >= 0.6 is 0 Å². The number of urea groups is 1. The predicted molar refractivity (Wildman–Crippen MR) is 95.0 cm³/mol. The molecule has 0 spiro atoms. The lowest BCUT2D eigenvalue weighted by atomic mass is 10.2. The van der Waals surface area contributed by atoms with Crippen molar-refractivity contribution in [1.29, 1.82) is 0 Å². The second-order valence-corrected chi connectivity index (χ2v) is 6.10. The molecule has 5 heteroatoms. The van der Waals surface area contributed by atoms with Crippen LogP contribution in [0.1, 0.15) is 25.0 Å². The summed E-state index contributed by atoms with van der Waals surface area (Å²) < 4.78 is 11.4. The van der Waals surface area contributed by atoms with Crippen molar-refractivity contribution < 1.29 is 13.9 Å². The number of nitrogens with one attached hydrogen (secondary N) is 1. The van der Waals surface area contributed by atoms with Crippen LogP contribution in [0, 0.1) is 12.3 Å². The highest BCUT2D eigenvalue weighted by Gasteiger charge is 2.31. The van der Waals surface area contributed by atoms with Gasteiger partial charge in [0.1, 0.15) is 17.6 Å². The molecule has 2 atom stereocenters. The first-order valence-electron chi connectivity index (χ1n) is 8.49. The third-order valence-electron chi connectivity index (χ3n) is 4.29. The molecule has 1 aromatic heterocycles. The molecule has 0 radical (unpaired) electrons. The lowest BCUT2D eigenvalue weighted by Gasteiger charge is -2.26. The molecule has 130 valence electrons. The molecule has 0 bridgehead atoms. The second kappa shape index (κ2) is 8.29. The number of carbonyl (C=O) groups is 1. The van der Waals surface area contributed by atoms with Crippen molar-refractivity contribution >= 4 is 6.03 Å². The molecule has 0 aliphatic heterocycles. The summed E-state index contributed by atoms with van der Waals surface area (Å²) >= 11 is 0. The van der Waals surface area contributed by atoms with E-state index in [1.54, 1.807) is 17.2 Å². The fourth-order valence-electron chi connectivity index (χ4n) is 3.06. The summed E-state index contributed by atoms with van der Waals surface area (Å²) in [6.07, 6.45) is 9.81. The van der Waals surface area contributed by atoms with Gasteiger partial charge in [-0.25, -0.2) is 4.79 Å². The van der Waals surface area contributed by atoms with Crippen molar-refractivity contribution in [3.8, 4) is 18.1 Å². The van der Waals surface area contributed by atoms with Gasteiger partial charge in [0.15, 0.2) is 0 Å². The van der Waals surface area contributed by atoms with Crippen LogP contribution in [0.5, 0.6) is 5.75 Å². The minimum atomic E-state index is -0.192. The number of terminal acetylenes is 1. The number of para-hydroxylation sites is 1. The van der Waals surface area contributed by atoms with Gasteiger partial charge in [0.2, 0.25) is 0 Å². The molecular weight excluding hydrogens is 316 g/mol. The fourth-order valence-corrected chi connectivity index (χ4v) is 3.06. The number of benzene rings is 1. The summed E-state index contributed by atoms with van der Waals surface area (Å²) in [5, 5.41) is 3.07. The van der Waals surface area contributed by atoms with Crippen LogP contribution in [0.4, 0.5) is 4.79 Å². The summed E-state index contributed by atoms with van der Waals surface area (Å²) in [5.74, 6) is 4.06. The van der Waals surface area contributed by atoms with Gasteiger partial charge in [0.05, 0.1) is 25.4 Å². The van der Waals surface area contributed by atoms with E-state index in [9.17, 15) is 4.79 Å². The Morgan fingerprint density at radius 3 is 2.84 bits per heavy atom. The molecule has 1 saturated carbocycles. The maximum absolute atomic E-state index is 12.6. The monoisotopic (exact) mass is 338 g/mol. The largest absolute Gasteiger partial charge is 0.488 e. The van der Waals surface area contributed by atoms with Gasteiger partial charge in [-0.2, -0.15) is 0 Å². The molecule has 3 rings (SSSR count). The number of carbonyl (C=O) groups excluding carboxylic acids is 1. The number of ether oxygens (including phenoxy) is 1. The highest BCUT2D eigenvalue weighted by atomic mass is 16.5. The Morgan fingerprint density at radius 2 is 2.12 bits per heavy atom. The Bertz CT molecular complexity index is 706. The molecule has 1 fully saturated rings. The number of rotatable bonds is 6. The zero-order valence-electron chi connectivity index (χ0n) is 14.1. The zero-order chi connectivity index (χ0) is 17.5. The average molecular weight is 338 g/mol. The zero-order valence-corrected chi connectivity index (χ0v) is 14.1. The number of furan rings is 1. The van der Waals surface area contributed by atoms with Crippen LogP contribution in [0.2, 0.25) is 0 Å². The Kier molecular flexibility index (Phi) is 5.63. The molecule has 0 unspecified atom stereocenters. The van der Waals surface area contributed by atoms with Crippen LogP contribution in [-0.2, 0) is 6.54 Å². The molecular formula is C20H22N2O3. The van der Waals surface area contributed by atoms with Crippen molar-refractivity contribution in [2.24, 2.45) is 0 Å². The first-order valence-corrected chi connectivity index (χ1v) is 8.49. The van der Waals surface area contributed by atoms with Gasteiger partial charge < -0.3 is 19.4 Å². The molecule has 2 aromatic rings.